The molecule has 1 atom stereocenters. The highest BCUT2D eigenvalue weighted by Crippen LogP contribution is 2.13. The summed E-state index contributed by atoms with van der Waals surface area (Å²) in [6, 6.07) is 0. The van der Waals surface area contributed by atoms with Crippen LogP contribution in [0.5, 0.6) is 0 Å². The fraction of sp³-hybridized carbons (Fsp3) is 0.917. The van der Waals surface area contributed by atoms with Gasteiger partial charge in [-0.05, 0) is 20.8 Å². The topological polar surface area (TPSA) is 48.0 Å². The Morgan fingerprint density at radius 1 is 1.50 bits per heavy atom. The first-order chi connectivity index (χ1) is 8.42. The van der Waals surface area contributed by atoms with E-state index >= 15 is 0 Å². The van der Waals surface area contributed by atoms with E-state index in [0.29, 0.717) is 32.9 Å². The Morgan fingerprint density at radius 3 is 2.83 bits per heavy atom. The lowest BCUT2D eigenvalue weighted by molar-refractivity contribution is -0.0707. The highest BCUT2D eigenvalue weighted by atomic mass is 79.9. The van der Waals surface area contributed by atoms with Crippen LogP contribution in [0.25, 0.3) is 0 Å². The molecule has 0 bridgehead atoms. The monoisotopic (exact) mass is 323 g/mol. The zero-order chi connectivity index (χ0) is 13.6. The second-order valence-corrected chi connectivity index (χ2v) is 5.98. The van der Waals surface area contributed by atoms with E-state index in [-0.39, 0.29) is 12.2 Å². The smallest absolute Gasteiger partial charge is 0.410 e. The van der Waals surface area contributed by atoms with Gasteiger partial charge < -0.3 is 19.1 Å². The van der Waals surface area contributed by atoms with Gasteiger partial charge in [-0.15, -0.1) is 0 Å². The molecule has 1 rings (SSSR count). The summed E-state index contributed by atoms with van der Waals surface area (Å²) in [5, 5.41) is 0.801. The van der Waals surface area contributed by atoms with E-state index in [2.05, 4.69) is 15.9 Å². The second kappa shape index (κ2) is 7.31. The van der Waals surface area contributed by atoms with Crippen molar-refractivity contribution in [2.45, 2.75) is 32.5 Å². The number of halogens is 1. The van der Waals surface area contributed by atoms with Crippen molar-refractivity contribution in [3.63, 3.8) is 0 Å². The van der Waals surface area contributed by atoms with Crippen LogP contribution in [0.4, 0.5) is 4.79 Å². The van der Waals surface area contributed by atoms with Gasteiger partial charge in [0, 0.05) is 11.9 Å². The maximum absolute atomic E-state index is 11.9. The number of rotatable bonds is 4. The molecule has 0 saturated carbocycles. The van der Waals surface area contributed by atoms with Crippen molar-refractivity contribution in [2.75, 3.05) is 38.2 Å². The van der Waals surface area contributed by atoms with Gasteiger partial charge in [0.1, 0.15) is 5.60 Å². The van der Waals surface area contributed by atoms with E-state index in [1.165, 1.54) is 0 Å². The van der Waals surface area contributed by atoms with Crippen LogP contribution in [0.3, 0.4) is 0 Å². The average molecular weight is 324 g/mol. The van der Waals surface area contributed by atoms with Gasteiger partial charge in [-0.1, -0.05) is 15.9 Å². The molecule has 0 aliphatic carbocycles. The van der Waals surface area contributed by atoms with Crippen molar-refractivity contribution >= 4 is 22.0 Å². The molecule has 1 amide bonds. The van der Waals surface area contributed by atoms with E-state index in [0.717, 1.165) is 5.33 Å². The van der Waals surface area contributed by atoms with Crippen LogP contribution in [-0.2, 0) is 14.2 Å². The van der Waals surface area contributed by atoms with Crippen molar-refractivity contribution in [3.8, 4) is 0 Å². The van der Waals surface area contributed by atoms with Gasteiger partial charge in [-0.25, -0.2) is 4.79 Å². The average Bonchev–Trinajstić information content (AvgIpc) is 2.27. The van der Waals surface area contributed by atoms with E-state index in [1.54, 1.807) is 4.90 Å². The molecule has 5 nitrogen and oxygen atoms in total. The third kappa shape index (κ3) is 6.02. The minimum atomic E-state index is -0.461. The van der Waals surface area contributed by atoms with Crippen molar-refractivity contribution in [1.29, 1.82) is 0 Å². The Balaban J connectivity index is 2.36. The molecule has 0 radical (unpaired) electrons. The number of carbonyl (C=O) groups is 1. The number of carbonyl (C=O) groups excluding carboxylic acids is 1. The molecule has 1 saturated heterocycles. The number of ether oxygens (including phenoxy) is 3. The lowest BCUT2D eigenvalue weighted by atomic mass is 10.2. The van der Waals surface area contributed by atoms with Crippen LogP contribution >= 0.6 is 15.9 Å². The number of amides is 1. The highest BCUT2D eigenvalue weighted by molar-refractivity contribution is 9.09. The zero-order valence-corrected chi connectivity index (χ0v) is 12.9. The molecule has 106 valence electrons. The summed E-state index contributed by atoms with van der Waals surface area (Å²) in [5.74, 6) is 0. The molecule has 6 heteroatoms. The highest BCUT2D eigenvalue weighted by Gasteiger charge is 2.28. The predicted molar refractivity (Wildman–Crippen MR) is 72.2 cm³/mol. The molecular formula is C12H22BrNO4. The lowest BCUT2D eigenvalue weighted by Crippen LogP contribution is -2.48. The molecule has 18 heavy (non-hydrogen) atoms. The SMILES string of the molecule is CC(C)(C)OC(=O)N1CCOC(COCCBr)C1. The Labute approximate surface area is 117 Å². The number of nitrogens with zero attached hydrogens (tertiary/aromatic N) is 1. The third-order valence-electron chi connectivity index (χ3n) is 2.32. The fourth-order valence-corrected chi connectivity index (χ4v) is 1.81. The first-order valence-electron chi connectivity index (χ1n) is 6.15. The first-order valence-corrected chi connectivity index (χ1v) is 7.28. The normalized spacial score (nSPS) is 20.9. The number of alkyl halides is 1. The van der Waals surface area contributed by atoms with Gasteiger partial charge in [0.25, 0.3) is 0 Å². The Kier molecular flexibility index (Phi) is 6.38. The van der Waals surface area contributed by atoms with E-state index < -0.39 is 5.60 Å². The fourth-order valence-electron chi connectivity index (χ4n) is 1.58. The van der Waals surface area contributed by atoms with Gasteiger partial charge in [0.2, 0.25) is 0 Å². The maximum Gasteiger partial charge on any atom is 0.410 e. The number of hydrogen-bond acceptors (Lipinski definition) is 4. The van der Waals surface area contributed by atoms with Crippen LogP contribution in [0.2, 0.25) is 0 Å². The largest absolute Gasteiger partial charge is 0.444 e. The van der Waals surface area contributed by atoms with Crippen molar-refractivity contribution in [1.82, 2.24) is 4.90 Å². The van der Waals surface area contributed by atoms with Gasteiger partial charge in [-0.2, -0.15) is 0 Å². The van der Waals surface area contributed by atoms with Crippen molar-refractivity contribution in [3.05, 3.63) is 0 Å². The number of hydrogen-bond donors (Lipinski definition) is 0. The van der Waals surface area contributed by atoms with Crippen LogP contribution in [0, 0.1) is 0 Å². The summed E-state index contributed by atoms with van der Waals surface area (Å²) in [7, 11) is 0. The molecule has 1 aliphatic heterocycles. The van der Waals surface area contributed by atoms with Gasteiger partial charge >= 0.3 is 6.09 Å². The number of morpholine rings is 1. The molecule has 0 aromatic carbocycles. The van der Waals surface area contributed by atoms with Crippen LogP contribution in [0.15, 0.2) is 0 Å². The Morgan fingerprint density at radius 2 is 2.22 bits per heavy atom. The minimum Gasteiger partial charge on any atom is -0.444 e. The molecule has 0 spiro atoms. The zero-order valence-electron chi connectivity index (χ0n) is 11.3. The molecule has 1 fully saturated rings. The Bertz CT molecular complexity index is 267. The lowest BCUT2D eigenvalue weighted by Gasteiger charge is -2.34. The van der Waals surface area contributed by atoms with Gasteiger partial charge in [-0.3, -0.25) is 0 Å². The molecular weight excluding hydrogens is 302 g/mol. The van der Waals surface area contributed by atoms with Crippen LogP contribution in [0.1, 0.15) is 20.8 Å². The second-order valence-electron chi connectivity index (χ2n) is 5.18. The minimum absolute atomic E-state index is 0.0645. The van der Waals surface area contributed by atoms with Crippen LogP contribution < -0.4 is 0 Å². The molecule has 1 unspecified atom stereocenters. The van der Waals surface area contributed by atoms with Gasteiger partial charge in [0.05, 0.1) is 32.5 Å². The molecule has 0 aromatic rings. The van der Waals surface area contributed by atoms with E-state index in [9.17, 15) is 4.79 Å². The molecule has 1 heterocycles. The predicted octanol–water partition coefficient (Wildman–Crippen LogP) is 2.03. The third-order valence-corrected chi connectivity index (χ3v) is 2.64. The summed E-state index contributed by atoms with van der Waals surface area (Å²) < 4.78 is 16.3. The summed E-state index contributed by atoms with van der Waals surface area (Å²) in [6.45, 7) is 8.37. The Hall–Kier alpha value is -0.330. The quantitative estimate of drug-likeness (QED) is 0.586. The maximum atomic E-state index is 11.9. The summed E-state index contributed by atoms with van der Waals surface area (Å²) in [5.41, 5.74) is -0.461. The summed E-state index contributed by atoms with van der Waals surface area (Å²) in [4.78, 5) is 13.6. The van der Waals surface area contributed by atoms with Crippen molar-refractivity contribution in [2.24, 2.45) is 0 Å². The molecule has 1 aliphatic rings. The van der Waals surface area contributed by atoms with Crippen molar-refractivity contribution < 1.29 is 19.0 Å². The van der Waals surface area contributed by atoms with Gasteiger partial charge in [0.15, 0.2) is 0 Å². The molecule has 0 aromatic heterocycles. The van der Waals surface area contributed by atoms with E-state index in [1.807, 2.05) is 20.8 Å². The summed E-state index contributed by atoms with van der Waals surface area (Å²) in [6.07, 6.45) is -0.346. The van der Waals surface area contributed by atoms with E-state index in [4.69, 9.17) is 14.2 Å². The first kappa shape index (κ1) is 15.7. The standard InChI is InChI=1S/C12H22BrNO4/c1-12(2,3)18-11(15)14-5-7-17-10(8-14)9-16-6-4-13/h10H,4-9H2,1-3H3. The molecule has 0 N–H and O–H groups in total. The van der Waals surface area contributed by atoms with Crippen LogP contribution in [-0.4, -0.2) is 60.9 Å². The summed E-state index contributed by atoms with van der Waals surface area (Å²) >= 11 is 3.29.